The number of aromatic nitrogens is 1. The molecular formula is C16H21BrN4O. The number of oxazole rings is 1. The third-order valence-corrected chi connectivity index (χ3v) is 3.91. The fourth-order valence-corrected chi connectivity index (χ4v) is 2.36. The van der Waals surface area contributed by atoms with Crippen molar-refractivity contribution < 1.29 is 4.42 Å². The van der Waals surface area contributed by atoms with E-state index in [2.05, 4.69) is 48.3 Å². The van der Waals surface area contributed by atoms with Crippen LogP contribution in [0, 0.1) is 13.8 Å². The minimum atomic E-state index is 0.520. The summed E-state index contributed by atoms with van der Waals surface area (Å²) < 4.78 is 6.65. The van der Waals surface area contributed by atoms with E-state index in [0.29, 0.717) is 12.4 Å². The number of aryl methyl sites for hydroxylation is 2. The largest absolute Gasteiger partial charge is 0.444 e. The van der Waals surface area contributed by atoms with Crippen molar-refractivity contribution in [1.29, 1.82) is 0 Å². The van der Waals surface area contributed by atoms with Gasteiger partial charge >= 0.3 is 0 Å². The smallest absolute Gasteiger partial charge is 0.214 e. The van der Waals surface area contributed by atoms with Gasteiger partial charge in [0.25, 0.3) is 0 Å². The average Bonchev–Trinajstić information content (AvgIpc) is 2.81. The molecule has 5 nitrogen and oxygen atoms in total. The molecule has 1 N–H and O–H groups in total. The van der Waals surface area contributed by atoms with Crippen LogP contribution in [-0.4, -0.2) is 29.9 Å². The van der Waals surface area contributed by atoms with Gasteiger partial charge in [-0.15, -0.1) is 0 Å². The second-order valence-electron chi connectivity index (χ2n) is 5.13. The molecule has 0 spiro atoms. The molecule has 0 fully saturated rings. The highest BCUT2D eigenvalue weighted by Gasteiger charge is 2.09. The molecule has 2 rings (SSSR count). The molecule has 1 heterocycles. The van der Waals surface area contributed by atoms with E-state index in [-0.39, 0.29) is 0 Å². The standard InChI is InChI=1S/C16H21BrN4O/c1-11-12(2)22-15(20-11)9-19-16(18-3)21(4)10-13-5-7-14(17)8-6-13/h5-8H,9-10H2,1-4H3,(H,18,19). The van der Waals surface area contributed by atoms with Gasteiger partial charge in [-0.1, -0.05) is 28.1 Å². The van der Waals surface area contributed by atoms with Crippen LogP contribution in [0.4, 0.5) is 0 Å². The summed E-state index contributed by atoms with van der Waals surface area (Å²) in [6.07, 6.45) is 0. The topological polar surface area (TPSA) is 53.7 Å². The van der Waals surface area contributed by atoms with Gasteiger partial charge in [0.15, 0.2) is 5.96 Å². The molecule has 2 aromatic rings. The molecule has 0 saturated heterocycles. The first-order chi connectivity index (χ1) is 10.5. The maximum atomic E-state index is 5.57. The van der Waals surface area contributed by atoms with E-state index in [1.165, 1.54) is 5.56 Å². The van der Waals surface area contributed by atoms with E-state index in [9.17, 15) is 0 Å². The summed E-state index contributed by atoms with van der Waals surface area (Å²) in [7, 11) is 3.77. The predicted molar refractivity (Wildman–Crippen MR) is 91.8 cm³/mol. The van der Waals surface area contributed by atoms with Gasteiger partial charge in [0, 0.05) is 25.1 Å². The van der Waals surface area contributed by atoms with Crippen molar-refractivity contribution in [2.75, 3.05) is 14.1 Å². The number of benzene rings is 1. The van der Waals surface area contributed by atoms with Gasteiger partial charge in [-0.2, -0.15) is 0 Å². The zero-order valence-electron chi connectivity index (χ0n) is 13.4. The van der Waals surface area contributed by atoms with Crippen LogP contribution in [-0.2, 0) is 13.1 Å². The monoisotopic (exact) mass is 364 g/mol. The van der Waals surface area contributed by atoms with Gasteiger partial charge in [0.05, 0.1) is 12.2 Å². The summed E-state index contributed by atoms with van der Waals surface area (Å²) in [4.78, 5) is 10.7. The highest BCUT2D eigenvalue weighted by Crippen LogP contribution is 2.12. The van der Waals surface area contributed by atoms with Crippen LogP contribution in [0.5, 0.6) is 0 Å². The van der Waals surface area contributed by atoms with Crippen molar-refractivity contribution in [2.45, 2.75) is 26.9 Å². The molecule has 118 valence electrons. The Bertz CT molecular complexity index is 629. The van der Waals surface area contributed by atoms with Crippen molar-refractivity contribution in [3.8, 4) is 0 Å². The molecular weight excluding hydrogens is 344 g/mol. The molecule has 0 aliphatic rings. The number of halogens is 1. The first kappa shape index (κ1) is 16.5. The number of guanidine groups is 1. The molecule has 0 saturated carbocycles. The van der Waals surface area contributed by atoms with Crippen LogP contribution in [0.15, 0.2) is 38.1 Å². The zero-order chi connectivity index (χ0) is 16.1. The lowest BCUT2D eigenvalue weighted by atomic mass is 10.2. The van der Waals surface area contributed by atoms with E-state index < -0.39 is 0 Å². The Labute approximate surface area is 139 Å². The minimum Gasteiger partial charge on any atom is -0.444 e. The maximum Gasteiger partial charge on any atom is 0.214 e. The number of rotatable bonds is 4. The molecule has 0 amide bonds. The molecule has 0 unspecified atom stereocenters. The van der Waals surface area contributed by atoms with Crippen LogP contribution >= 0.6 is 15.9 Å². The predicted octanol–water partition coefficient (Wildman–Crippen LogP) is 3.26. The lowest BCUT2D eigenvalue weighted by Crippen LogP contribution is -2.38. The molecule has 0 aliphatic carbocycles. The van der Waals surface area contributed by atoms with Gasteiger partial charge in [-0.25, -0.2) is 4.98 Å². The molecule has 22 heavy (non-hydrogen) atoms. The fourth-order valence-electron chi connectivity index (χ4n) is 2.09. The van der Waals surface area contributed by atoms with Crippen molar-refractivity contribution in [1.82, 2.24) is 15.2 Å². The van der Waals surface area contributed by atoms with Crippen molar-refractivity contribution in [3.05, 3.63) is 51.6 Å². The Morgan fingerprint density at radius 3 is 2.55 bits per heavy atom. The van der Waals surface area contributed by atoms with Gasteiger partial charge in [-0.3, -0.25) is 4.99 Å². The second kappa shape index (κ2) is 7.45. The summed E-state index contributed by atoms with van der Waals surface area (Å²) in [5.41, 5.74) is 2.14. The number of nitrogens with one attached hydrogen (secondary N) is 1. The molecule has 6 heteroatoms. The summed E-state index contributed by atoms with van der Waals surface area (Å²) in [5.74, 6) is 2.33. The van der Waals surface area contributed by atoms with Crippen LogP contribution in [0.25, 0.3) is 0 Å². The number of nitrogens with zero attached hydrogens (tertiary/aromatic N) is 3. The van der Waals surface area contributed by atoms with Gasteiger partial charge in [0.2, 0.25) is 5.89 Å². The Morgan fingerprint density at radius 2 is 2.00 bits per heavy atom. The summed E-state index contributed by atoms with van der Waals surface area (Å²) >= 11 is 3.45. The molecule has 1 aromatic carbocycles. The van der Waals surface area contributed by atoms with Gasteiger partial charge < -0.3 is 14.6 Å². The number of hydrogen-bond acceptors (Lipinski definition) is 3. The second-order valence-corrected chi connectivity index (χ2v) is 6.05. The summed E-state index contributed by atoms with van der Waals surface area (Å²) in [5, 5.41) is 3.27. The maximum absolute atomic E-state index is 5.57. The van der Waals surface area contributed by atoms with Gasteiger partial charge in [0.1, 0.15) is 5.76 Å². The normalized spacial score (nSPS) is 11.6. The SMILES string of the molecule is CN=C(NCc1nc(C)c(C)o1)N(C)Cc1ccc(Br)cc1. The van der Waals surface area contributed by atoms with Crippen molar-refractivity contribution in [3.63, 3.8) is 0 Å². The Morgan fingerprint density at radius 1 is 1.32 bits per heavy atom. The third kappa shape index (κ3) is 4.34. The molecule has 0 atom stereocenters. The summed E-state index contributed by atoms with van der Waals surface area (Å²) in [6, 6.07) is 8.26. The lowest BCUT2D eigenvalue weighted by Gasteiger charge is -2.21. The highest BCUT2D eigenvalue weighted by atomic mass is 79.9. The van der Waals surface area contributed by atoms with E-state index in [1.54, 1.807) is 7.05 Å². The molecule has 0 aliphatic heterocycles. The Hall–Kier alpha value is -1.82. The van der Waals surface area contributed by atoms with E-state index in [0.717, 1.165) is 28.4 Å². The Balaban J connectivity index is 1.94. The number of aliphatic imine (C=N–C) groups is 1. The van der Waals surface area contributed by atoms with E-state index >= 15 is 0 Å². The minimum absolute atomic E-state index is 0.520. The molecule has 1 aromatic heterocycles. The first-order valence-corrected chi connectivity index (χ1v) is 7.88. The Kier molecular flexibility index (Phi) is 5.60. The lowest BCUT2D eigenvalue weighted by molar-refractivity contribution is 0.443. The zero-order valence-corrected chi connectivity index (χ0v) is 14.9. The highest BCUT2D eigenvalue weighted by molar-refractivity contribution is 9.10. The van der Waals surface area contributed by atoms with Crippen molar-refractivity contribution >= 4 is 21.9 Å². The molecule has 0 radical (unpaired) electrons. The number of hydrogen-bond donors (Lipinski definition) is 1. The van der Waals surface area contributed by atoms with Crippen LogP contribution < -0.4 is 5.32 Å². The average molecular weight is 365 g/mol. The third-order valence-electron chi connectivity index (χ3n) is 3.38. The fraction of sp³-hybridized carbons (Fsp3) is 0.375. The van der Waals surface area contributed by atoms with Crippen LogP contribution in [0.1, 0.15) is 22.9 Å². The van der Waals surface area contributed by atoms with Crippen LogP contribution in [0.3, 0.4) is 0 Å². The van der Waals surface area contributed by atoms with Crippen molar-refractivity contribution in [2.24, 2.45) is 4.99 Å². The summed E-state index contributed by atoms with van der Waals surface area (Å²) in [6.45, 7) is 5.15. The van der Waals surface area contributed by atoms with Gasteiger partial charge in [-0.05, 0) is 31.5 Å². The molecule has 0 bridgehead atoms. The first-order valence-electron chi connectivity index (χ1n) is 7.08. The quantitative estimate of drug-likeness (QED) is 0.668. The van der Waals surface area contributed by atoms with E-state index in [1.807, 2.05) is 33.0 Å². The van der Waals surface area contributed by atoms with E-state index in [4.69, 9.17) is 4.42 Å². The van der Waals surface area contributed by atoms with Crippen LogP contribution in [0.2, 0.25) is 0 Å².